The van der Waals surface area contributed by atoms with Crippen molar-refractivity contribution >= 4 is 5.97 Å². The molecule has 4 heteroatoms. The Balaban J connectivity index is 2.51. The van der Waals surface area contributed by atoms with Gasteiger partial charge in [-0.15, -0.1) is 0 Å². The minimum absolute atomic E-state index is 0.00845. The number of aliphatic carboxylic acids is 1. The predicted molar refractivity (Wildman–Crippen MR) is 64.7 cm³/mol. The molecule has 100 valence electrons. The van der Waals surface area contributed by atoms with Gasteiger partial charge in [-0.1, -0.05) is 20.8 Å². The lowest BCUT2D eigenvalue weighted by Gasteiger charge is -2.33. The van der Waals surface area contributed by atoms with Crippen LogP contribution in [0.4, 0.5) is 0 Å². The number of carboxylic acid groups (broad SMARTS) is 1. The van der Waals surface area contributed by atoms with Crippen LogP contribution in [-0.4, -0.2) is 35.5 Å². The third kappa shape index (κ3) is 3.19. The molecule has 4 nitrogen and oxygen atoms in total. The first-order valence-electron chi connectivity index (χ1n) is 6.17. The molecule has 0 aliphatic heterocycles. The lowest BCUT2D eigenvalue weighted by Crippen LogP contribution is -2.32. The van der Waals surface area contributed by atoms with Gasteiger partial charge in [0.1, 0.15) is 0 Å². The number of hydrogen-bond acceptors (Lipinski definition) is 3. The molecule has 0 aromatic heterocycles. The zero-order valence-corrected chi connectivity index (χ0v) is 11.2. The highest BCUT2D eigenvalue weighted by molar-refractivity contribution is 5.67. The molecule has 0 spiro atoms. The van der Waals surface area contributed by atoms with Crippen LogP contribution in [0.1, 0.15) is 40.5 Å². The van der Waals surface area contributed by atoms with Crippen LogP contribution in [0.25, 0.3) is 0 Å². The summed E-state index contributed by atoms with van der Waals surface area (Å²) >= 11 is 0. The number of ether oxygens (including phenoxy) is 1. The fourth-order valence-corrected chi connectivity index (χ4v) is 2.53. The summed E-state index contributed by atoms with van der Waals surface area (Å²) in [5.74, 6) is -0.545. The average molecular weight is 244 g/mol. The molecule has 3 atom stereocenters. The predicted octanol–water partition coefficient (Wildman–Crippen LogP) is 1.91. The Hall–Kier alpha value is -0.610. The van der Waals surface area contributed by atoms with E-state index in [0.717, 1.165) is 6.42 Å². The molecule has 0 heterocycles. The second-order valence-electron chi connectivity index (χ2n) is 6.21. The van der Waals surface area contributed by atoms with Crippen LogP contribution in [0.3, 0.4) is 0 Å². The van der Waals surface area contributed by atoms with Crippen molar-refractivity contribution in [3.05, 3.63) is 0 Å². The Bertz CT molecular complexity index is 282. The number of carboxylic acids is 1. The van der Waals surface area contributed by atoms with Gasteiger partial charge in [0.15, 0.2) is 0 Å². The molecule has 17 heavy (non-hydrogen) atoms. The normalized spacial score (nSPS) is 30.1. The van der Waals surface area contributed by atoms with E-state index < -0.39 is 5.97 Å². The van der Waals surface area contributed by atoms with Crippen molar-refractivity contribution in [1.82, 2.24) is 0 Å². The summed E-state index contributed by atoms with van der Waals surface area (Å²) in [5.41, 5.74) is 0.0812. The Morgan fingerprint density at radius 2 is 2.12 bits per heavy atom. The van der Waals surface area contributed by atoms with Crippen LogP contribution in [-0.2, 0) is 9.53 Å². The number of rotatable bonds is 6. The first-order valence-corrected chi connectivity index (χ1v) is 6.17. The summed E-state index contributed by atoms with van der Waals surface area (Å²) in [4.78, 5) is 10.5. The summed E-state index contributed by atoms with van der Waals surface area (Å²) < 4.78 is 5.65. The first-order chi connectivity index (χ1) is 7.73. The lowest BCUT2D eigenvalue weighted by molar-refractivity contribution is -0.140. The van der Waals surface area contributed by atoms with Gasteiger partial charge in [0.2, 0.25) is 0 Å². The average Bonchev–Trinajstić information content (AvgIpc) is 2.88. The van der Waals surface area contributed by atoms with E-state index in [-0.39, 0.29) is 30.0 Å². The molecule has 1 rings (SSSR count). The minimum Gasteiger partial charge on any atom is -0.481 e. The number of aliphatic hydroxyl groups excluding tert-OH is 1. The molecule has 1 unspecified atom stereocenters. The summed E-state index contributed by atoms with van der Waals surface area (Å²) in [6.07, 6.45) is 0.725. The standard InChI is InChI=1S/C13H24O4/c1-9(5-11(15)16)17-8-13(12(2,3)4)6-10(13)7-14/h9-10,14H,5-8H2,1-4H3,(H,15,16)/t9?,10-,13+/m1/s1. The molecule has 0 aromatic rings. The van der Waals surface area contributed by atoms with E-state index in [1.54, 1.807) is 6.92 Å². The first kappa shape index (κ1) is 14.5. The fourth-order valence-electron chi connectivity index (χ4n) is 2.53. The highest BCUT2D eigenvalue weighted by Gasteiger charge is 2.60. The second kappa shape index (κ2) is 4.94. The molecular weight excluding hydrogens is 220 g/mol. The molecule has 1 saturated carbocycles. The Morgan fingerprint density at radius 1 is 1.53 bits per heavy atom. The van der Waals surface area contributed by atoms with E-state index in [0.29, 0.717) is 12.5 Å². The quantitative estimate of drug-likeness (QED) is 0.749. The molecule has 2 N–H and O–H groups in total. The second-order valence-corrected chi connectivity index (χ2v) is 6.21. The Kier molecular flexibility index (Phi) is 4.20. The maximum absolute atomic E-state index is 10.5. The van der Waals surface area contributed by atoms with Crippen LogP contribution in [0.15, 0.2) is 0 Å². The molecule has 0 radical (unpaired) electrons. The molecule has 1 aliphatic rings. The zero-order valence-electron chi connectivity index (χ0n) is 11.2. The van der Waals surface area contributed by atoms with Crippen molar-refractivity contribution in [1.29, 1.82) is 0 Å². The fraction of sp³-hybridized carbons (Fsp3) is 0.923. The molecule has 0 aromatic carbocycles. The molecule has 0 bridgehead atoms. The van der Waals surface area contributed by atoms with Crippen molar-refractivity contribution in [3.8, 4) is 0 Å². The molecule has 0 amide bonds. The van der Waals surface area contributed by atoms with Gasteiger partial charge >= 0.3 is 5.97 Å². The minimum atomic E-state index is -0.836. The number of carbonyl (C=O) groups is 1. The van der Waals surface area contributed by atoms with Gasteiger partial charge in [-0.25, -0.2) is 0 Å². The van der Waals surface area contributed by atoms with Crippen LogP contribution in [0.2, 0.25) is 0 Å². The Morgan fingerprint density at radius 3 is 2.47 bits per heavy atom. The van der Waals surface area contributed by atoms with Gasteiger partial charge in [-0.2, -0.15) is 0 Å². The van der Waals surface area contributed by atoms with Crippen LogP contribution in [0.5, 0.6) is 0 Å². The maximum atomic E-state index is 10.5. The zero-order chi connectivity index (χ0) is 13.3. The number of hydrogen-bond donors (Lipinski definition) is 2. The van der Waals surface area contributed by atoms with Crippen molar-refractivity contribution in [2.45, 2.75) is 46.6 Å². The largest absolute Gasteiger partial charge is 0.481 e. The number of aliphatic hydroxyl groups is 1. The molecular formula is C13H24O4. The maximum Gasteiger partial charge on any atom is 0.305 e. The highest BCUT2D eigenvalue weighted by Crippen LogP contribution is 2.63. The van der Waals surface area contributed by atoms with E-state index >= 15 is 0 Å². The summed E-state index contributed by atoms with van der Waals surface area (Å²) in [7, 11) is 0. The smallest absolute Gasteiger partial charge is 0.305 e. The van der Waals surface area contributed by atoms with E-state index in [9.17, 15) is 9.90 Å². The molecule has 1 aliphatic carbocycles. The Labute approximate surface area is 103 Å². The third-order valence-electron chi connectivity index (χ3n) is 4.03. The SMILES string of the molecule is CC(CC(=O)O)OC[C@@]1(C(C)(C)C)C[C@@H]1CO. The van der Waals surface area contributed by atoms with Crippen molar-refractivity contribution in [2.24, 2.45) is 16.7 Å². The van der Waals surface area contributed by atoms with Gasteiger partial charge in [0, 0.05) is 12.0 Å². The van der Waals surface area contributed by atoms with Crippen molar-refractivity contribution in [2.75, 3.05) is 13.2 Å². The summed E-state index contributed by atoms with van der Waals surface area (Å²) in [6.45, 7) is 8.95. The van der Waals surface area contributed by atoms with Crippen LogP contribution >= 0.6 is 0 Å². The highest BCUT2D eigenvalue weighted by atomic mass is 16.5. The van der Waals surface area contributed by atoms with Gasteiger partial charge in [-0.05, 0) is 24.7 Å². The van der Waals surface area contributed by atoms with E-state index in [2.05, 4.69) is 20.8 Å². The van der Waals surface area contributed by atoms with Gasteiger partial charge in [-0.3, -0.25) is 4.79 Å². The molecule has 0 saturated heterocycles. The lowest BCUT2D eigenvalue weighted by atomic mass is 9.76. The topological polar surface area (TPSA) is 66.8 Å². The third-order valence-corrected chi connectivity index (χ3v) is 4.03. The molecule has 1 fully saturated rings. The van der Waals surface area contributed by atoms with Gasteiger partial charge < -0.3 is 14.9 Å². The van der Waals surface area contributed by atoms with E-state index in [1.807, 2.05) is 0 Å². The van der Waals surface area contributed by atoms with Crippen LogP contribution in [0, 0.1) is 16.7 Å². The van der Waals surface area contributed by atoms with Crippen LogP contribution < -0.4 is 0 Å². The van der Waals surface area contributed by atoms with E-state index in [1.165, 1.54) is 0 Å². The van der Waals surface area contributed by atoms with Crippen molar-refractivity contribution < 1.29 is 19.7 Å². The van der Waals surface area contributed by atoms with Gasteiger partial charge in [0.25, 0.3) is 0 Å². The summed E-state index contributed by atoms with van der Waals surface area (Å²) in [6, 6.07) is 0. The summed E-state index contributed by atoms with van der Waals surface area (Å²) in [5, 5.41) is 17.9. The monoisotopic (exact) mass is 244 g/mol. The van der Waals surface area contributed by atoms with Gasteiger partial charge in [0.05, 0.1) is 19.1 Å². The van der Waals surface area contributed by atoms with E-state index in [4.69, 9.17) is 9.84 Å². The van der Waals surface area contributed by atoms with Crippen molar-refractivity contribution in [3.63, 3.8) is 0 Å².